The molecule has 0 saturated heterocycles. The molecule has 0 spiro atoms. The second kappa shape index (κ2) is 3.53. The fraction of sp³-hybridized carbons (Fsp3) is 0.100. The van der Waals surface area contributed by atoms with Crippen molar-refractivity contribution in [2.24, 2.45) is 0 Å². The van der Waals surface area contributed by atoms with Gasteiger partial charge in [0, 0.05) is 10.7 Å². The Balaban J connectivity index is 2.87. The van der Waals surface area contributed by atoms with Crippen LogP contribution >= 0.6 is 15.9 Å². The third-order valence-electron chi connectivity index (χ3n) is 1.94. The van der Waals surface area contributed by atoms with Gasteiger partial charge in [-0.1, -0.05) is 15.9 Å². The highest BCUT2D eigenvalue weighted by atomic mass is 79.9. The number of halogens is 2. The smallest absolute Gasteiger partial charge is 0.137 e. The first-order chi connectivity index (χ1) is 6.72. The fourth-order valence-electron chi connectivity index (χ4n) is 1.34. The van der Waals surface area contributed by atoms with Crippen molar-refractivity contribution in [3.8, 4) is 5.75 Å². The second-order valence-electron chi connectivity index (χ2n) is 2.79. The molecule has 0 saturated carbocycles. The predicted octanol–water partition coefficient (Wildman–Crippen LogP) is 3.15. The zero-order valence-corrected chi connectivity index (χ0v) is 9.01. The normalized spacial score (nSPS) is 10.5. The van der Waals surface area contributed by atoms with Crippen LogP contribution in [0.1, 0.15) is 0 Å². The molecular formula is C10H7BrFNO. The van der Waals surface area contributed by atoms with Gasteiger partial charge in [0.1, 0.15) is 11.6 Å². The summed E-state index contributed by atoms with van der Waals surface area (Å²) in [6.07, 6.45) is 1.59. The van der Waals surface area contributed by atoms with Crippen LogP contribution in [0.15, 0.2) is 28.9 Å². The number of hydrogen-bond donors (Lipinski definition) is 0. The predicted molar refractivity (Wildman–Crippen MR) is 56.0 cm³/mol. The minimum absolute atomic E-state index is 0.334. The zero-order valence-electron chi connectivity index (χ0n) is 7.42. The molecule has 1 aromatic carbocycles. The highest BCUT2D eigenvalue weighted by Crippen LogP contribution is 2.28. The van der Waals surface area contributed by atoms with Gasteiger partial charge in [-0.05, 0) is 18.2 Å². The Morgan fingerprint density at radius 2 is 2.21 bits per heavy atom. The zero-order chi connectivity index (χ0) is 10.1. The highest BCUT2D eigenvalue weighted by Gasteiger charge is 2.08. The average Bonchev–Trinajstić information content (AvgIpc) is 2.16. The fourth-order valence-corrected chi connectivity index (χ4v) is 1.76. The maximum Gasteiger partial charge on any atom is 0.137 e. The Bertz CT molecular complexity index is 487. The van der Waals surface area contributed by atoms with Crippen LogP contribution in [0.3, 0.4) is 0 Å². The Hall–Kier alpha value is -1.16. The lowest BCUT2D eigenvalue weighted by atomic mass is 10.2. The van der Waals surface area contributed by atoms with Crippen molar-refractivity contribution in [2.75, 3.05) is 7.11 Å². The van der Waals surface area contributed by atoms with Gasteiger partial charge in [-0.25, -0.2) is 4.39 Å². The first-order valence-corrected chi connectivity index (χ1v) is 4.79. The molecule has 2 rings (SSSR count). The number of benzene rings is 1. The molecule has 1 aromatic heterocycles. The largest absolute Gasteiger partial charge is 0.496 e. The van der Waals surface area contributed by atoms with E-state index in [0.717, 1.165) is 0 Å². The monoisotopic (exact) mass is 255 g/mol. The molecular weight excluding hydrogens is 249 g/mol. The Morgan fingerprint density at radius 1 is 1.43 bits per heavy atom. The summed E-state index contributed by atoms with van der Waals surface area (Å²) in [6.45, 7) is 0. The van der Waals surface area contributed by atoms with E-state index in [1.165, 1.54) is 13.2 Å². The van der Waals surface area contributed by atoms with Crippen molar-refractivity contribution in [3.05, 3.63) is 34.7 Å². The molecule has 0 amide bonds. The number of fused-ring (bicyclic) bond motifs is 1. The quantitative estimate of drug-likeness (QED) is 0.781. The molecule has 4 heteroatoms. The van der Waals surface area contributed by atoms with E-state index in [1.807, 2.05) is 0 Å². The van der Waals surface area contributed by atoms with Gasteiger partial charge in [0.25, 0.3) is 0 Å². The standard InChI is InChI=1S/C10H7BrFNO/c1-14-9-2-3-13-8-5-6(11)4-7(12)10(8)9/h2-5H,1H3. The first-order valence-electron chi connectivity index (χ1n) is 4.00. The van der Waals surface area contributed by atoms with Crippen LogP contribution in [-0.2, 0) is 0 Å². The van der Waals surface area contributed by atoms with Gasteiger partial charge >= 0.3 is 0 Å². The van der Waals surface area contributed by atoms with Crippen LogP contribution in [0.2, 0.25) is 0 Å². The summed E-state index contributed by atoms with van der Waals surface area (Å²) in [7, 11) is 1.51. The lowest BCUT2D eigenvalue weighted by Crippen LogP contribution is -1.90. The molecule has 1 heterocycles. The summed E-state index contributed by atoms with van der Waals surface area (Å²) >= 11 is 3.21. The van der Waals surface area contributed by atoms with E-state index >= 15 is 0 Å². The number of hydrogen-bond acceptors (Lipinski definition) is 2. The van der Waals surface area contributed by atoms with Crippen LogP contribution in [0.5, 0.6) is 5.75 Å². The van der Waals surface area contributed by atoms with Crippen molar-refractivity contribution in [2.45, 2.75) is 0 Å². The van der Waals surface area contributed by atoms with Crippen LogP contribution in [-0.4, -0.2) is 12.1 Å². The van der Waals surface area contributed by atoms with Gasteiger partial charge in [0.15, 0.2) is 0 Å². The van der Waals surface area contributed by atoms with Gasteiger partial charge in [-0.2, -0.15) is 0 Å². The average molecular weight is 256 g/mol. The van der Waals surface area contributed by atoms with Gasteiger partial charge in [0.2, 0.25) is 0 Å². The molecule has 0 fully saturated rings. The van der Waals surface area contributed by atoms with E-state index in [1.54, 1.807) is 18.3 Å². The maximum atomic E-state index is 13.5. The summed E-state index contributed by atoms with van der Waals surface area (Å²) in [5.74, 6) is 0.166. The number of ether oxygens (including phenoxy) is 1. The molecule has 2 aromatic rings. The van der Waals surface area contributed by atoms with E-state index in [2.05, 4.69) is 20.9 Å². The highest BCUT2D eigenvalue weighted by molar-refractivity contribution is 9.10. The molecule has 0 aliphatic carbocycles. The summed E-state index contributed by atoms with van der Waals surface area (Å²) < 4.78 is 19.3. The van der Waals surface area contributed by atoms with Crippen LogP contribution in [0.4, 0.5) is 4.39 Å². The molecule has 0 bridgehead atoms. The lowest BCUT2D eigenvalue weighted by Gasteiger charge is -2.05. The minimum atomic E-state index is -0.334. The Labute approximate surface area is 88.8 Å². The van der Waals surface area contributed by atoms with E-state index in [9.17, 15) is 4.39 Å². The van der Waals surface area contributed by atoms with Gasteiger partial charge in [-0.15, -0.1) is 0 Å². The van der Waals surface area contributed by atoms with Crippen molar-refractivity contribution < 1.29 is 9.13 Å². The Morgan fingerprint density at radius 3 is 2.93 bits per heavy atom. The summed E-state index contributed by atoms with van der Waals surface area (Å²) in [5.41, 5.74) is 0.580. The molecule has 14 heavy (non-hydrogen) atoms. The van der Waals surface area contributed by atoms with Crippen LogP contribution < -0.4 is 4.74 Å². The van der Waals surface area contributed by atoms with E-state index < -0.39 is 0 Å². The SMILES string of the molecule is COc1ccnc2cc(Br)cc(F)c12. The number of methoxy groups -OCH3 is 1. The molecule has 72 valence electrons. The second-order valence-corrected chi connectivity index (χ2v) is 3.71. The molecule has 0 unspecified atom stereocenters. The molecule has 0 N–H and O–H groups in total. The number of pyridine rings is 1. The lowest BCUT2D eigenvalue weighted by molar-refractivity contribution is 0.417. The summed E-state index contributed by atoms with van der Waals surface area (Å²) in [5, 5.41) is 0.415. The maximum absolute atomic E-state index is 13.5. The first kappa shape index (κ1) is 9.40. The van der Waals surface area contributed by atoms with Crippen LogP contribution in [0.25, 0.3) is 10.9 Å². The van der Waals surface area contributed by atoms with Crippen molar-refractivity contribution >= 4 is 26.8 Å². The third-order valence-corrected chi connectivity index (χ3v) is 2.40. The summed E-state index contributed by atoms with van der Waals surface area (Å²) in [6, 6.07) is 4.78. The molecule has 0 aliphatic heterocycles. The van der Waals surface area contributed by atoms with E-state index in [-0.39, 0.29) is 5.82 Å². The van der Waals surface area contributed by atoms with Crippen LogP contribution in [0, 0.1) is 5.82 Å². The molecule has 2 nitrogen and oxygen atoms in total. The molecule has 0 radical (unpaired) electrons. The van der Waals surface area contributed by atoms with E-state index in [4.69, 9.17) is 4.74 Å². The number of rotatable bonds is 1. The summed E-state index contributed by atoms with van der Waals surface area (Å²) in [4.78, 5) is 4.06. The van der Waals surface area contributed by atoms with Crippen molar-refractivity contribution in [3.63, 3.8) is 0 Å². The van der Waals surface area contributed by atoms with Crippen molar-refractivity contribution in [1.82, 2.24) is 4.98 Å². The van der Waals surface area contributed by atoms with Gasteiger partial charge in [0.05, 0.1) is 18.0 Å². The minimum Gasteiger partial charge on any atom is -0.496 e. The van der Waals surface area contributed by atoms with Gasteiger partial charge < -0.3 is 4.74 Å². The Kier molecular flexibility index (Phi) is 2.37. The molecule has 0 aliphatic rings. The number of aromatic nitrogens is 1. The number of nitrogens with zero attached hydrogens (tertiary/aromatic N) is 1. The third kappa shape index (κ3) is 1.46. The van der Waals surface area contributed by atoms with E-state index in [0.29, 0.717) is 21.1 Å². The van der Waals surface area contributed by atoms with Crippen molar-refractivity contribution in [1.29, 1.82) is 0 Å². The topological polar surface area (TPSA) is 22.1 Å². The van der Waals surface area contributed by atoms with Gasteiger partial charge in [-0.3, -0.25) is 4.98 Å². The molecule has 0 atom stereocenters.